The molecule has 1 aliphatic carbocycles. The summed E-state index contributed by atoms with van der Waals surface area (Å²) in [5, 5.41) is 0. The summed E-state index contributed by atoms with van der Waals surface area (Å²) in [4.78, 5) is 21.9. The van der Waals surface area contributed by atoms with Gasteiger partial charge < -0.3 is 14.2 Å². The van der Waals surface area contributed by atoms with Crippen LogP contribution in [0.4, 0.5) is 14.9 Å². The molecule has 1 saturated carbocycles. The minimum absolute atomic E-state index is 0.0268. The van der Waals surface area contributed by atoms with E-state index in [9.17, 15) is 9.18 Å². The molecule has 2 atom stereocenters. The van der Waals surface area contributed by atoms with Crippen LogP contribution in [0.2, 0.25) is 0 Å². The maximum atomic E-state index is 14.2. The van der Waals surface area contributed by atoms with Crippen molar-refractivity contribution in [3.05, 3.63) is 35.7 Å². The summed E-state index contributed by atoms with van der Waals surface area (Å²) in [7, 11) is 0. The first-order chi connectivity index (χ1) is 13.7. The molecule has 2 aliphatic rings. The van der Waals surface area contributed by atoms with Gasteiger partial charge in [-0.1, -0.05) is 20.8 Å². The monoisotopic (exact) mass is 398 g/mol. The number of imidazole rings is 1. The summed E-state index contributed by atoms with van der Waals surface area (Å²) < 4.78 is 22.0. The minimum atomic E-state index is -0.463. The second kappa shape index (κ2) is 7.01. The Morgan fingerprint density at radius 2 is 2.21 bits per heavy atom. The van der Waals surface area contributed by atoms with E-state index in [1.54, 1.807) is 12.4 Å². The van der Waals surface area contributed by atoms with E-state index >= 15 is 0 Å². The molecule has 0 bridgehead atoms. The molecule has 1 spiro atoms. The fourth-order valence-corrected chi connectivity index (χ4v) is 4.82. The third kappa shape index (κ3) is 3.93. The highest BCUT2D eigenvalue weighted by Crippen LogP contribution is 2.41. The standard InChI is InChI=1S/C22H27FN4O2/c1-21(2,3)12-27-13-22(29-20(27)28)7-5-6-15(10-22)11-26-14-25-19-17(23)8-16(24-4)9-18(19)26/h8-9,14-15H,5-7,10-13H2,1-3H3/t15-,22-/m0/s1. The van der Waals surface area contributed by atoms with Gasteiger partial charge in [0.25, 0.3) is 0 Å². The van der Waals surface area contributed by atoms with E-state index in [1.165, 1.54) is 6.07 Å². The van der Waals surface area contributed by atoms with Crippen molar-refractivity contribution in [3.63, 3.8) is 0 Å². The van der Waals surface area contributed by atoms with Gasteiger partial charge in [-0.15, -0.1) is 0 Å². The first-order valence-electron chi connectivity index (χ1n) is 10.2. The fourth-order valence-electron chi connectivity index (χ4n) is 4.82. The number of amides is 1. The van der Waals surface area contributed by atoms with Gasteiger partial charge in [-0.05, 0) is 49.1 Å². The lowest BCUT2D eigenvalue weighted by Gasteiger charge is -2.36. The number of halogens is 1. The molecule has 2 fully saturated rings. The van der Waals surface area contributed by atoms with Gasteiger partial charge in [0.1, 0.15) is 16.9 Å². The Morgan fingerprint density at radius 1 is 1.41 bits per heavy atom. The van der Waals surface area contributed by atoms with Crippen molar-refractivity contribution in [1.82, 2.24) is 14.5 Å². The second-order valence-electron chi connectivity index (χ2n) is 9.73. The number of benzene rings is 1. The predicted octanol–water partition coefficient (Wildman–Crippen LogP) is 5.15. The van der Waals surface area contributed by atoms with Gasteiger partial charge in [0.15, 0.2) is 5.69 Å². The van der Waals surface area contributed by atoms with Crippen LogP contribution < -0.4 is 0 Å². The van der Waals surface area contributed by atoms with Gasteiger partial charge in [-0.3, -0.25) is 0 Å². The molecule has 1 aromatic heterocycles. The van der Waals surface area contributed by atoms with E-state index in [0.717, 1.165) is 25.7 Å². The Bertz CT molecular complexity index is 987. The predicted molar refractivity (Wildman–Crippen MR) is 108 cm³/mol. The topological polar surface area (TPSA) is 51.7 Å². The highest BCUT2D eigenvalue weighted by atomic mass is 19.1. The lowest BCUT2D eigenvalue weighted by atomic mass is 9.77. The van der Waals surface area contributed by atoms with Gasteiger partial charge >= 0.3 is 6.09 Å². The largest absolute Gasteiger partial charge is 0.441 e. The average molecular weight is 398 g/mol. The summed E-state index contributed by atoms with van der Waals surface area (Å²) in [6.45, 7) is 15.5. The molecule has 154 valence electrons. The Labute approximate surface area is 170 Å². The maximum absolute atomic E-state index is 14.2. The molecule has 1 saturated heterocycles. The average Bonchev–Trinajstić information content (AvgIpc) is 3.15. The van der Waals surface area contributed by atoms with Crippen molar-refractivity contribution in [1.29, 1.82) is 0 Å². The molecular formula is C22H27FN4O2. The SMILES string of the molecule is [C-]#[N+]c1cc(F)c2ncn(C[C@H]3CCC[C@]4(C3)CN(CC(C)(C)C)C(=O)O4)c2c1. The molecule has 2 heterocycles. The molecule has 0 unspecified atom stereocenters. The number of fused-ring (bicyclic) bond motifs is 1. The van der Waals surface area contributed by atoms with E-state index in [-0.39, 0.29) is 17.2 Å². The first-order valence-corrected chi connectivity index (χ1v) is 10.2. The molecule has 4 rings (SSSR count). The minimum Gasteiger partial charge on any atom is -0.441 e. The molecule has 1 amide bonds. The highest BCUT2D eigenvalue weighted by Gasteiger charge is 2.48. The van der Waals surface area contributed by atoms with Crippen molar-refractivity contribution in [2.45, 2.75) is 58.6 Å². The van der Waals surface area contributed by atoms with Crippen molar-refractivity contribution < 1.29 is 13.9 Å². The Morgan fingerprint density at radius 3 is 2.93 bits per heavy atom. The van der Waals surface area contributed by atoms with Gasteiger partial charge in [0, 0.05) is 13.1 Å². The second-order valence-corrected chi connectivity index (χ2v) is 9.73. The van der Waals surface area contributed by atoms with Crippen LogP contribution in [0.5, 0.6) is 0 Å². The van der Waals surface area contributed by atoms with Crippen LogP contribution in [0.3, 0.4) is 0 Å². The molecule has 6 nitrogen and oxygen atoms in total. The zero-order valence-corrected chi connectivity index (χ0v) is 17.2. The summed E-state index contributed by atoms with van der Waals surface area (Å²) >= 11 is 0. The molecular weight excluding hydrogens is 371 g/mol. The van der Waals surface area contributed by atoms with Crippen LogP contribution in [-0.2, 0) is 11.3 Å². The highest BCUT2D eigenvalue weighted by molar-refractivity contribution is 5.80. The van der Waals surface area contributed by atoms with Crippen LogP contribution in [-0.4, -0.2) is 39.2 Å². The lowest BCUT2D eigenvalue weighted by molar-refractivity contribution is 0.00412. The van der Waals surface area contributed by atoms with Crippen molar-refractivity contribution >= 4 is 22.8 Å². The van der Waals surface area contributed by atoms with Gasteiger partial charge in [-0.2, -0.15) is 0 Å². The van der Waals surface area contributed by atoms with E-state index in [2.05, 4.69) is 30.6 Å². The third-order valence-electron chi connectivity index (χ3n) is 5.86. The third-order valence-corrected chi connectivity index (χ3v) is 5.86. The summed E-state index contributed by atoms with van der Waals surface area (Å²) in [5.41, 5.74) is 0.826. The van der Waals surface area contributed by atoms with Crippen molar-refractivity contribution in [3.8, 4) is 0 Å². The molecule has 0 radical (unpaired) electrons. The zero-order valence-electron chi connectivity index (χ0n) is 17.2. The first kappa shape index (κ1) is 19.7. The Balaban J connectivity index is 1.52. The van der Waals surface area contributed by atoms with Gasteiger partial charge in [0.05, 0.1) is 25.0 Å². The number of hydrogen-bond acceptors (Lipinski definition) is 3. The number of ether oxygens (including phenoxy) is 1. The quantitative estimate of drug-likeness (QED) is 0.672. The van der Waals surface area contributed by atoms with Crippen LogP contribution in [0.25, 0.3) is 15.9 Å². The Kier molecular flexibility index (Phi) is 4.76. The molecule has 1 aromatic carbocycles. The molecule has 7 heteroatoms. The summed E-state index contributed by atoms with van der Waals surface area (Å²) in [6.07, 6.45) is 5.15. The number of nitrogens with zero attached hydrogens (tertiary/aromatic N) is 4. The van der Waals surface area contributed by atoms with Crippen LogP contribution >= 0.6 is 0 Å². The number of carbonyl (C=O) groups is 1. The van der Waals surface area contributed by atoms with Gasteiger partial charge in [-0.25, -0.2) is 19.0 Å². The number of rotatable bonds is 3. The molecule has 1 aliphatic heterocycles. The van der Waals surface area contributed by atoms with Crippen LogP contribution in [0.15, 0.2) is 18.5 Å². The maximum Gasteiger partial charge on any atom is 0.410 e. The molecule has 2 aromatic rings. The Hall–Kier alpha value is -2.62. The van der Waals surface area contributed by atoms with Crippen LogP contribution in [0, 0.1) is 23.7 Å². The van der Waals surface area contributed by atoms with E-state index < -0.39 is 11.4 Å². The summed E-state index contributed by atoms with van der Waals surface area (Å²) in [6, 6.07) is 2.92. The fraction of sp³-hybridized carbons (Fsp3) is 0.591. The van der Waals surface area contributed by atoms with Gasteiger partial charge in [0.2, 0.25) is 0 Å². The zero-order chi connectivity index (χ0) is 20.8. The number of aromatic nitrogens is 2. The molecule has 29 heavy (non-hydrogen) atoms. The number of hydrogen-bond donors (Lipinski definition) is 0. The number of carbonyl (C=O) groups excluding carboxylic acids is 1. The smallest absolute Gasteiger partial charge is 0.410 e. The van der Waals surface area contributed by atoms with E-state index in [1.807, 2.05) is 9.47 Å². The van der Waals surface area contributed by atoms with E-state index in [0.29, 0.717) is 36.6 Å². The lowest BCUT2D eigenvalue weighted by Crippen LogP contribution is -2.41. The van der Waals surface area contributed by atoms with Crippen molar-refractivity contribution in [2.75, 3.05) is 13.1 Å². The van der Waals surface area contributed by atoms with Crippen LogP contribution in [0.1, 0.15) is 46.5 Å². The van der Waals surface area contributed by atoms with E-state index in [4.69, 9.17) is 11.3 Å². The normalized spacial score (nSPS) is 24.9. The molecule has 0 N–H and O–H groups in total. The summed E-state index contributed by atoms with van der Waals surface area (Å²) in [5.74, 6) is -0.155. The van der Waals surface area contributed by atoms with Crippen molar-refractivity contribution in [2.24, 2.45) is 11.3 Å².